The molecule has 5 heterocycles. The summed E-state index contributed by atoms with van der Waals surface area (Å²) in [7, 11) is 0. The molecule has 0 spiro atoms. The molecule has 2 saturated heterocycles. The third-order valence-electron chi connectivity index (χ3n) is 6.52. The SMILES string of the molecule is [2H]C([2H])([2H])N(c1ccc(-c2ccc(-c3cn[nH]c3)c3ncsc23)nn1)C1C[C@H]2CCC[C@@H](C1)N2. The van der Waals surface area contributed by atoms with Crippen LogP contribution in [0.5, 0.6) is 0 Å². The van der Waals surface area contributed by atoms with Crippen LogP contribution < -0.4 is 10.2 Å². The van der Waals surface area contributed by atoms with Crippen molar-refractivity contribution in [2.45, 2.75) is 50.2 Å². The first-order chi connectivity index (χ1) is 16.5. The number of hydrogen-bond acceptors (Lipinski definition) is 7. The van der Waals surface area contributed by atoms with Crippen molar-refractivity contribution < 1.29 is 4.11 Å². The Morgan fingerprint density at radius 1 is 1.10 bits per heavy atom. The predicted octanol–water partition coefficient (Wildman–Crippen LogP) is 4.25. The van der Waals surface area contributed by atoms with Crippen molar-refractivity contribution in [3.8, 4) is 22.4 Å². The number of thiazole rings is 1. The second-order valence-corrected chi connectivity index (χ2v) is 9.30. The van der Waals surface area contributed by atoms with Crippen LogP contribution in [0.1, 0.15) is 36.2 Å². The number of aromatic nitrogens is 5. The zero-order valence-electron chi connectivity index (χ0n) is 20.0. The number of benzene rings is 1. The first-order valence-corrected chi connectivity index (χ1v) is 11.6. The van der Waals surface area contributed by atoms with Gasteiger partial charge in [0, 0.05) is 52.1 Å². The average molecular weight is 435 g/mol. The summed E-state index contributed by atoms with van der Waals surface area (Å²) in [5, 5.41) is 19.4. The molecule has 1 aromatic carbocycles. The quantitative estimate of drug-likeness (QED) is 0.500. The van der Waals surface area contributed by atoms with E-state index in [1.807, 2.05) is 29.9 Å². The highest BCUT2D eigenvalue weighted by Gasteiger charge is 2.33. The fourth-order valence-corrected chi connectivity index (χ4v) is 5.85. The van der Waals surface area contributed by atoms with Crippen molar-refractivity contribution in [3.05, 3.63) is 42.2 Å². The van der Waals surface area contributed by atoms with Crippen molar-refractivity contribution >= 4 is 27.4 Å². The summed E-state index contributed by atoms with van der Waals surface area (Å²) in [5.74, 6) is 0.407. The van der Waals surface area contributed by atoms with Gasteiger partial charge in [-0.3, -0.25) is 5.10 Å². The molecule has 2 bridgehead atoms. The fourth-order valence-electron chi connectivity index (χ4n) is 5.01. The Bertz CT molecular complexity index is 1270. The highest BCUT2D eigenvalue weighted by molar-refractivity contribution is 7.17. The maximum absolute atomic E-state index is 8.22. The number of H-pyrrole nitrogens is 1. The molecule has 7 nitrogen and oxygen atoms in total. The summed E-state index contributed by atoms with van der Waals surface area (Å²) in [6, 6.07) is 8.37. The van der Waals surface area contributed by atoms with Gasteiger partial charge in [-0.15, -0.1) is 21.5 Å². The van der Waals surface area contributed by atoms with Gasteiger partial charge in [-0.2, -0.15) is 5.10 Å². The molecule has 3 atom stereocenters. The molecule has 0 radical (unpaired) electrons. The minimum absolute atomic E-state index is 0.0772. The number of hydrogen-bond donors (Lipinski definition) is 2. The molecule has 2 aliphatic rings. The van der Waals surface area contributed by atoms with Gasteiger partial charge in [0.05, 0.1) is 27.6 Å². The molecule has 4 aromatic rings. The number of piperidine rings is 2. The smallest absolute Gasteiger partial charge is 0.151 e. The van der Waals surface area contributed by atoms with E-state index in [0.717, 1.165) is 52.6 Å². The highest BCUT2D eigenvalue weighted by Crippen LogP contribution is 2.36. The van der Waals surface area contributed by atoms with E-state index in [4.69, 9.17) is 4.11 Å². The molecule has 2 N–H and O–H groups in total. The number of nitrogens with one attached hydrogen (secondary N) is 2. The van der Waals surface area contributed by atoms with E-state index in [2.05, 4.69) is 30.7 Å². The standard InChI is InChI=1S/C23H25N7S/c1-30(17-9-15-3-2-4-16(10-17)27-15)21-8-7-20(28-29-21)19-6-5-18(14-11-25-26-12-14)22-23(19)31-13-24-22/h5-8,11-13,15-17,27H,2-4,9-10H2,1H3,(H,25,26)/t15-,16+,17?/i1D3. The van der Waals surface area contributed by atoms with Crippen molar-refractivity contribution in [1.29, 1.82) is 0 Å². The van der Waals surface area contributed by atoms with E-state index in [9.17, 15) is 0 Å². The minimum Gasteiger partial charge on any atom is -0.355 e. The number of rotatable bonds is 4. The second kappa shape index (κ2) is 7.69. The van der Waals surface area contributed by atoms with E-state index < -0.39 is 6.98 Å². The van der Waals surface area contributed by atoms with Gasteiger partial charge in [-0.05, 0) is 37.8 Å². The summed E-state index contributed by atoms with van der Waals surface area (Å²) in [6.45, 7) is -2.27. The van der Waals surface area contributed by atoms with Gasteiger partial charge < -0.3 is 10.2 Å². The third kappa shape index (κ3) is 3.40. The number of fused-ring (bicyclic) bond motifs is 3. The van der Waals surface area contributed by atoms with E-state index in [1.165, 1.54) is 11.3 Å². The largest absolute Gasteiger partial charge is 0.355 e. The van der Waals surface area contributed by atoms with Crippen molar-refractivity contribution in [2.24, 2.45) is 0 Å². The van der Waals surface area contributed by atoms with Crippen LogP contribution in [0, 0.1) is 0 Å². The van der Waals surface area contributed by atoms with E-state index in [-0.39, 0.29) is 6.04 Å². The molecule has 8 heteroatoms. The summed E-state index contributed by atoms with van der Waals surface area (Å²) >= 11 is 1.55. The maximum Gasteiger partial charge on any atom is 0.151 e. The first-order valence-electron chi connectivity index (χ1n) is 12.2. The Hall–Kier alpha value is -2.84. The predicted molar refractivity (Wildman–Crippen MR) is 124 cm³/mol. The monoisotopic (exact) mass is 434 g/mol. The molecule has 3 aromatic heterocycles. The lowest BCUT2D eigenvalue weighted by molar-refractivity contribution is 0.219. The highest BCUT2D eigenvalue weighted by atomic mass is 32.1. The van der Waals surface area contributed by atoms with Crippen LogP contribution in [-0.4, -0.2) is 50.5 Å². The molecule has 2 fully saturated rings. The lowest BCUT2D eigenvalue weighted by Crippen LogP contribution is -2.54. The summed E-state index contributed by atoms with van der Waals surface area (Å²) < 4.78 is 25.7. The summed E-state index contributed by atoms with van der Waals surface area (Å²) in [6.07, 6.45) is 8.67. The Labute approximate surface area is 189 Å². The number of anilines is 1. The third-order valence-corrected chi connectivity index (χ3v) is 7.38. The number of aromatic amines is 1. The first kappa shape index (κ1) is 15.9. The van der Waals surface area contributed by atoms with E-state index in [1.54, 1.807) is 23.6 Å². The summed E-state index contributed by atoms with van der Waals surface area (Å²) in [5.41, 5.74) is 6.32. The maximum atomic E-state index is 8.22. The average Bonchev–Trinajstić information content (AvgIpc) is 3.51. The Kier molecular flexibility index (Phi) is 3.94. The van der Waals surface area contributed by atoms with Crippen LogP contribution in [0.25, 0.3) is 32.6 Å². The lowest BCUT2D eigenvalue weighted by Gasteiger charge is -2.43. The zero-order chi connectivity index (χ0) is 23.3. The minimum atomic E-state index is -2.27. The van der Waals surface area contributed by atoms with Crippen LogP contribution in [0.2, 0.25) is 0 Å². The van der Waals surface area contributed by atoms with Crippen molar-refractivity contribution in [3.63, 3.8) is 0 Å². The van der Waals surface area contributed by atoms with Crippen LogP contribution in [0.3, 0.4) is 0 Å². The molecule has 31 heavy (non-hydrogen) atoms. The fraction of sp³-hybridized carbons (Fsp3) is 0.391. The normalized spacial score (nSPS) is 25.0. The Balaban J connectivity index is 1.33. The molecule has 0 saturated carbocycles. The van der Waals surface area contributed by atoms with E-state index >= 15 is 0 Å². The van der Waals surface area contributed by atoms with Gasteiger partial charge in [0.15, 0.2) is 5.82 Å². The van der Waals surface area contributed by atoms with Gasteiger partial charge in [0.2, 0.25) is 0 Å². The molecule has 1 unspecified atom stereocenters. The zero-order valence-corrected chi connectivity index (χ0v) is 17.8. The molecule has 2 aliphatic heterocycles. The topological polar surface area (TPSA) is 82.6 Å². The molecular weight excluding hydrogens is 406 g/mol. The van der Waals surface area contributed by atoms with Crippen LogP contribution in [0.15, 0.2) is 42.2 Å². The van der Waals surface area contributed by atoms with Crippen LogP contribution in [0.4, 0.5) is 5.82 Å². The second-order valence-electron chi connectivity index (χ2n) is 8.44. The van der Waals surface area contributed by atoms with Crippen LogP contribution >= 0.6 is 11.3 Å². The van der Waals surface area contributed by atoms with Gasteiger partial charge in [0.25, 0.3) is 0 Å². The lowest BCUT2D eigenvalue weighted by atomic mass is 9.83. The number of nitrogens with zero attached hydrogens (tertiary/aromatic N) is 5. The van der Waals surface area contributed by atoms with Crippen LogP contribution in [-0.2, 0) is 0 Å². The van der Waals surface area contributed by atoms with Gasteiger partial charge in [-0.1, -0.05) is 18.6 Å². The van der Waals surface area contributed by atoms with Gasteiger partial charge in [0.1, 0.15) is 0 Å². The van der Waals surface area contributed by atoms with Gasteiger partial charge >= 0.3 is 0 Å². The van der Waals surface area contributed by atoms with Gasteiger partial charge in [-0.25, -0.2) is 4.98 Å². The molecule has 0 amide bonds. The Morgan fingerprint density at radius 2 is 1.97 bits per heavy atom. The molecule has 158 valence electrons. The molecule has 6 rings (SSSR count). The van der Waals surface area contributed by atoms with Crippen molar-refractivity contribution in [2.75, 3.05) is 11.9 Å². The Morgan fingerprint density at radius 3 is 2.71 bits per heavy atom. The van der Waals surface area contributed by atoms with Crippen molar-refractivity contribution in [1.82, 2.24) is 30.7 Å². The molecule has 0 aliphatic carbocycles. The summed E-state index contributed by atoms with van der Waals surface area (Å²) in [4.78, 5) is 6.08. The molecular formula is C23H25N7S. The van der Waals surface area contributed by atoms with E-state index in [0.29, 0.717) is 23.6 Å².